The van der Waals surface area contributed by atoms with Crippen molar-refractivity contribution in [2.75, 3.05) is 0 Å². The molecule has 0 aliphatic rings. The van der Waals surface area contributed by atoms with Crippen LogP contribution in [0.4, 0.5) is 0 Å². The molecule has 0 aliphatic heterocycles. The number of rotatable bonds is 1. The van der Waals surface area contributed by atoms with Crippen LogP contribution in [-0.4, -0.2) is 14.8 Å². The maximum Gasteiger partial charge on any atom is 0.153 e. The molecule has 2 heterocycles. The molecule has 0 bridgehead atoms. The van der Waals surface area contributed by atoms with Gasteiger partial charge in [0, 0.05) is 23.1 Å². The van der Waals surface area contributed by atoms with E-state index in [4.69, 9.17) is 0 Å². The molecule has 3 nitrogen and oxygen atoms in total. The van der Waals surface area contributed by atoms with Crippen LogP contribution in [0, 0.1) is 6.92 Å². The summed E-state index contributed by atoms with van der Waals surface area (Å²) in [5.74, 6) is 0.839. The Balaban J connectivity index is 2.49. The van der Waals surface area contributed by atoms with Gasteiger partial charge in [0.25, 0.3) is 0 Å². The van der Waals surface area contributed by atoms with Crippen molar-refractivity contribution in [3.05, 3.63) is 40.8 Å². The molecular weight excluding hydrogens is 230 g/mol. The molecule has 0 radical (unpaired) electrons. The molecule has 0 amide bonds. The van der Waals surface area contributed by atoms with Crippen LogP contribution in [0.15, 0.2) is 35.2 Å². The first kappa shape index (κ1) is 8.44. The fourth-order valence-corrected chi connectivity index (χ4v) is 1.27. The second kappa shape index (κ2) is 3.30. The Morgan fingerprint density at radius 2 is 2.31 bits per heavy atom. The molecular formula is C9H8BrN3. The van der Waals surface area contributed by atoms with Gasteiger partial charge >= 0.3 is 0 Å². The first-order valence-corrected chi connectivity index (χ1v) is 4.69. The van der Waals surface area contributed by atoms with Gasteiger partial charge in [-0.1, -0.05) is 0 Å². The van der Waals surface area contributed by atoms with Crippen LogP contribution in [0.3, 0.4) is 0 Å². The lowest BCUT2D eigenvalue weighted by Gasteiger charge is -2.02. The Hall–Kier alpha value is -1.16. The van der Waals surface area contributed by atoms with Crippen molar-refractivity contribution < 1.29 is 0 Å². The Morgan fingerprint density at radius 1 is 1.46 bits per heavy atom. The second-order valence-corrected chi connectivity index (χ2v) is 3.60. The molecule has 0 spiro atoms. The number of pyridine rings is 1. The van der Waals surface area contributed by atoms with Crippen molar-refractivity contribution in [3.8, 4) is 5.82 Å². The van der Waals surface area contributed by atoms with Crippen molar-refractivity contribution in [2.45, 2.75) is 6.92 Å². The van der Waals surface area contributed by atoms with E-state index >= 15 is 0 Å². The van der Waals surface area contributed by atoms with Crippen LogP contribution < -0.4 is 0 Å². The minimum Gasteiger partial charge on any atom is -0.236 e. The average molecular weight is 238 g/mol. The molecule has 0 aliphatic carbocycles. The van der Waals surface area contributed by atoms with Crippen molar-refractivity contribution in [2.24, 2.45) is 0 Å². The molecule has 2 rings (SSSR count). The number of halogens is 1. The lowest BCUT2D eigenvalue weighted by Crippen LogP contribution is -1.97. The van der Waals surface area contributed by atoms with Gasteiger partial charge < -0.3 is 0 Å². The van der Waals surface area contributed by atoms with E-state index in [0.29, 0.717) is 0 Å². The van der Waals surface area contributed by atoms with E-state index in [-0.39, 0.29) is 0 Å². The molecule has 0 saturated carbocycles. The summed E-state index contributed by atoms with van der Waals surface area (Å²) in [4.78, 5) is 4.24. The zero-order valence-electron chi connectivity index (χ0n) is 7.11. The van der Waals surface area contributed by atoms with Gasteiger partial charge in [-0.15, -0.1) is 0 Å². The minimum absolute atomic E-state index is 0.839. The standard InChI is InChI=1S/C9H8BrN3/c1-7-5-9(11-6-8(7)10)13-4-2-3-12-13/h2-6H,1H3. The lowest BCUT2D eigenvalue weighted by atomic mass is 10.3. The predicted octanol–water partition coefficient (Wildman–Crippen LogP) is 2.34. The highest BCUT2D eigenvalue weighted by Crippen LogP contribution is 2.16. The molecule has 0 fully saturated rings. The van der Waals surface area contributed by atoms with E-state index in [1.807, 2.05) is 25.3 Å². The van der Waals surface area contributed by atoms with Crippen molar-refractivity contribution >= 4 is 15.9 Å². The summed E-state index contributed by atoms with van der Waals surface area (Å²) in [6.07, 6.45) is 5.39. The summed E-state index contributed by atoms with van der Waals surface area (Å²) in [6, 6.07) is 3.86. The van der Waals surface area contributed by atoms with E-state index in [1.165, 1.54) is 0 Å². The van der Waals surface area contributed by atoms with Crippen molar-refractivity contribution in [1.82, 2.24) is 14.8 Å². The van der Waals surface area contributed by atoms with Gasteiger partial charge in [-0.3, -0.25) is 0 Å². The molecule has 0 aromatic carbocycles. The maximum atomic E-state index is 4.24. The molecule has 0 atom stereocenters. The van der Waals surface area contributed by atoms with Crippen molar-refractivity contribution in [3.63, 3.8) is 0 Å². The Kier molecular flexibility index (Phi) is 2.14. The zero-order valence-corrected chi connectivity index (χ0v) is 8.69. The molecule has 13 heavy (non-hydrogen) atoms. The number of hydrogen-bond donors (Lipinski definition) is 0. The highest BCUT2D eigenvalue weighted by Gasteiger charge is 2.00. The van der Waals surface area contributed by atoms with Gasteiger partial charge in [-0.05, 0) is 40.5 Å². The molecule has 66 valence electrons. The second-order valence-electron chi connectivity index (χ2n) is 2.74. The molecule has 2 aromatic rings. The average Bonchev–Trinajstić information content (AvgIpc) is 2.62. The third-order valence-corrected chi connectivity index (χ3v) is 2.60. The number of aryl methyl sites for hydroxylation is 1. The Bertz CT molecular complexity index is 409. The normalized spacial score (nSPS) is 10.3. The predicted molar refractivity (Wildman–Crippen MR) is 53.8 cm³/mol. The van der Waals surface area contributed by atoms with Crippen LogP contribution >= 0.6 is 15.9 Å². The summed E-state index contributed by atoms with van der Waals surface area (Å²) in [7, 11) is 0. The van der Waals surface area contributed by atoms with Gasteiger partial charge in [0.05, 0.1) is 0 Å². The molecule has 0 saturated heterocycles. The first-order chi connectivity index (χ1) is 6.27. The van der Waals surface area contributed by atoms with Gasteiger partial charge in [0.15, 0.2) is 5.82 Å². The van der Waals surface area contributed by atoms with Crippen LogP contribution in [0.25, 0.3) is 5.82 Å². The van der Waals surface area contributed by atoms with Crippen LogP contribution in [0.1, 0.15) is 5.56 Å². The van der Waals surface area contributed by atoms with E-state index in [9.17, 15) is 0 Å². The van der Waals surface area contributed by atoms with Gasteiger partial charge in [0.1, 0.15) is 0 Å². The fourth-order valence-electron chi connectivity index (χ4n) is 1.05. The zero-order chi connectivity index (χ0) is 9.26. The molecule has 2 aromatic heterocycles. The minimum atomic E-state index is 0.839. The fraction of sp³-hybridized carbons (Fsp3) is 0.111. The molecule has 0 N–H and O–H groups in total. The highest BCUT2D eigenvalue weighted by atomic mass is 79.9. The monoisotopic (exact) mass is 237 g/mol. The molecule has 0 unspecified atom stereocenters. The summed E-state index contributed by atoms with van der Waals surface area (Å²) in [5, 5.41) is 4.10. The van der Waals surface area contributed by atoms with E-state index in [1.54, 1.807) is 17.1 Å². The maximum absolute atomic E-state index is 4.24. The number of hydrogen-bond acceptors (Lipinski definition) is 2. The topological polar surface area (TPSA) is 30.7 Å². The summed E-state index contributed by atoms with van der Waals surface area (Å²) >= 11 is 3.40. The highest BCUT2D eigenvalue weighted by molar-refractivity contribution is 9.10. The van der Waals surface area contributed by atoms with Crippen LogP contribution in [0.5, 0.6) is 0 Å². The van der Waals surface area contributed by atoms with Crippen molar-refractivity contribution in [1.29, 1.82) is 0 Å². The van der Waals surface area contributed by atoms with E-state index in [2.05, 4.69) is 26.0 Å². The first-order valence-electron chi connectivity index (χ1n) is 3.89. The lowest BCUT2D eigenvalue weighted by molar-refractivity contribution is 0.844. The van der Waals surface area contributed by atoms with Gasteiger partial charge in [0.2, 0.25) is 0 Å². The van der Waals surface area contributed by atoms with Crippen LogP contribution in [0.2, 0.25) is 0 Å². The largest absolute Gasteiger partial charge is 0.236 e. The SMILES string of the molecule is Cc1cc(-n2cccn2)ncc1Br. The quantitative estimate of drug-likeness (QED) is 0.763. The smallest absolute Gasteiger partial charge is 0.153 e. The summed E-state index contributed by atoms with van der Waals surface area (Å²) in [5.41, 5.74) is 1.15. The Morgan fingerprint density at radius 3 is 2.92 bits per heavy atom. The summed E-state index contributed by atoms with van der Waals surface area (Å²) in [6.45, 7) is 2.03. The van der Waals surface area contributed by atoms with Gasteiger partial charge in [-0.25, -0.2) is 9.67 Å². The third kappa shape index (κ3) is 1.62. The van der Waals surface area contributed by atoms with Crippen LogP contribution in [-0.2, 0) is 0 Å². The third-order valence-electron chi connectivity index (χ3n) is 1.77. The van der Waals surface area contributed by atoms with Gasteiger partial charge in [-0.2, -0.15) is 5.10 Å². The number of aromatic nitrogens is 3. The summed E-state index contributed by atoms with van der Waals surface area (Å²) < 4.78 is 2.75. The number of nitrogens with zero attached hydrogens (tertiary/aromatic N) is 3. The van der Waals surface area contributed by atoms with E-state index < -0.39 is 0 Å². The van der Waals surface area contributed by atoms with E-state index in [0.717, 1.165) is 15.9 Å². The molecule has 4 heteroatoms. The Labute approximate surface area is 84.5 Å².